The number of aryl methyl sites for hydroxylation is 1. The second-order valence-electron chi connectivity index (χ2n) is 7.73. The molecule has 1 fully saturated rings. The third-order valence-electron chi connectivity index (χ3n) is 5.29. The number of carbonyl (C=O) groups excluding carboxylic acids is 2. The predicted molar refractivity (Wildman–Crippen MR) is 117 cm³/mol. The summed E-state index contributed by atoms with van der Waals surface area (Å²) in [5.74, 6) is 0.0561. The number of rotatable bonds is 8. The zero-order valence-electron chi connectivity index (χ0n) is 18.2. The fourth-order valence-electron chi connectivity index (χ4n) is 3.56. The lowest BCUT2D eigenvalue weighted by Crippen LogP contribution is -2.47. The maximum atomic E-state index is 12.8. The molecule has 2 N–H and O–H groups in total. The largest absolute Gasteiger partial charge is 0.468 e. The number of hydrogen-bond donors (Lipinski definition) is 2. The van der Waals surface area contributed by atoms with Crippen molar-refractivity contribution in [2.45, 2.75) is 50.1 Å². The molecule has 10 heteroatoms. The van der Waals surface area contributed by atoms with Crippen LogP contribution in [0.25, 0.3) is 0 Å². The SMILES string of the molecule is CCOC(=O)N1CCC(NC(=O)C[C@@H](NS(=O)(=O)c2ccc(C)cc2)c2ccco2)CC1. The zero-order valence-corrected chi connectivity index (χ0v) is 19.1. The maximum Gasteiger partial charge on any atom is 0.409 e. The van der Waals surface area contributed by atoms with E-state index in [1.165, 1.54) is 18.4 Å². The Morgan fingerprint density at radius 2 is 1.88 bits per heavy atom. The number of likely N-dealkylation sites (tertiary alicyclic amines) is 1. The molecule has 0 radical (unpaired) electrons. The van der Waals surface area contributed by atoms with Crippen LogP contribution in [0.2, 0.25) is 0 Å². The summed E-state index contributed by atoms with van der Waals surface area (Å²) in [5, 5.41) is 2.94. The minimum absolute atomic E-state index is 0.0980. The van der Waals surface area contributed by atoms with Gasteiger partial charge in [0, 0.05) is 19.1 Å². The molecule has 2 aromatic rings. The van der Waals surface area contributed by atoms with Crippen molar-refractivity contribution >= 4 is 22.0 Å². The Labute approximate surface area is 188 Å². The highest BCUT2D eigenvalue weighted by atomic mass is 32.2. The number of carbonyl (C=O) groups is 2. The summed E-state index contributed by atoms with van der Waals surface area (Å²) >= 11 is 0. The van der Waals surface area contributed by atoms with E-state index in [0.29, 0.717) is 38.3 Å². The number of furan rings is 1. The van der Waals surface area contributed by atoms with Crippen molar-refractivity contribution in [2.75, 3.05) is 19.7 Å². The molecule has 1 aliphatic rings. The molecule has 1 saturated heterocycles. The van der Waals surface area contributed by atoms with Gasteiger partial charge in [0.1, 0.15) is 5.76 Å². The van der Waals surface area contributed by atoms with Gasteiger partial charge in [0.05, 0.1) is 30.2 Å². The van der Waals surface area contributed by atoms with E-state index in [9.17, 15) is 18.0 Å². The molecular formula is C22H29N3O6S. The van der Waals surface area contributed by atoms with Gasteiger partial charge in [-0.25, -0.2) is 13.2 Å². The number of hydrogen-bond acceptors (Lipinski definition) is 6. The Bertz CT molecular complexity index is 997. The molecule has 0 aliphatic carbocycles. The minimum Gasteiger partial charge on any atom is -0.468 e. The van der Waals surface area contributed by atoms with E-state index >= 15 is 0 Å². The number of piperidine rings is 1. The third kappa shape index (κ3) is 6.33. The Morgan fingerprint density at radius 1 is 1.19 bits per heavy atom. The van der Waals surface area contributed by atoms with Crippen molar-refractivity contribution in [3.8, 4) is 0 Å². The smallest absolute Gasteiger partial charge is 0.409 e. The first-order chi connectivity index (χ1) is 15.3. The average molecular weight is 464 g/mol. The van der Waals surface area contributed by atoms with Crippen molar-refractivity contribution in [1.82, 2.24) is 14.9 Å². The normalized spacial score (nSPS) is 15.9. The van der Waals surface area contributed by atoms with E-state index in [1.54, 1.807) is 36.1 Å². The standard InChI is InChI=1S/C22H29N3O6S/c1-3-30-22(27)25-12-10-17(11-13-25)23-21(26)15-19(20-5-4-14-31-20)24-32(28,29)18-8-6-16(2)7-9-18/h4-9,14,17,19,24H,3,10-13,15H2,1-2H3,(H,23,26)/t19-/m1/s1. The Hall–Kier alpha value is -2.85. The Kier molecular flexibility index (Phi) is 7.92. The summed E-state index contributed by atoms with van der Waals surface area (Å²) in [6.45, 7) is 4.93. The second kappa shape index (κ2) is 10.6. The lowest BCUT2D eigenvalue weighted by molar-refractivity contribution is -0.122. The van der Waals surface area contributed by atoms with Gasteiger partial charge in [-0.2, -0.15) is 4.72 Å². The van der Waals surface area contributed by atoms with Crippen molar-refractivity contribution in [2.24, 2.45) is 0 Å². The molecule has 0 saturated carbocycles. The van der Waals surface area contributed by atoms with Gasteiger partial charge in [-0.05, 0) is 51.0 Å². The predicted octanol–water partition coefficient (Wildman–Crippen LogP) is 2.73. The van der Waals surface area contributed by atoms with E-state index in [2.05, 4.69) is 10.0 Å². The van der Waals surface area contributed by atoms with Crippen LogP contribution in [0.4, 0.5) is 4.79 Å². The summed E-state index contributed by atoms with van der Waals surface area (Å²) in [7, 11) is -3.85. The summed E-state index contributed by atoms with van der Waals surface area (Å²) in [4.78, 5) is 26.3. The van der Waals surface area contributed by atoms with Gasteiger partial charge in [0.15, 0.2) is 0 Å². The summed E-state index contributed by atoms with van der Waals surface area (Å²) < 4.78 is 38.7. The van der Waals surface area contributed by atoms with Crippen LogP contribution in [0.1, 0.15) is 43.6 Å². The van der Waals surface area contributed by atoms with Crippen LogP contribution in [0.15, 0.2) is 52.0 Å². The number of benzene rings is 1. The van der Waals surface area contributed by atoms with Gasteiger partial charge in [0.25, 0.3) is 0 Å². The molecule has 32 heavy (non-hydrogen) atoms. The molecule has 1 aromatic heterocycles. The molecule has 0 unspecified atom stereocenters. The van der Waals surface area contributed by atoms with Crippen LogP contribution < -0.4 is 10.0 Å². The highest BCUT2D eigenvalue weighted by molar-refractivity contribution is 7.89. The van der Waals surface area contributed by atoms with Crippen LogP contribution >= 0.6 is 0 Å². The number of nitrogens with one attached hydrogen (secondary N) is 2. The van der Waals surface area contributed by atoms with Crippen LogP contribution in [0.3, 0.4) is 0 Å². The summed E-state index contributed by atoms with van der Waals surface area (Å²) in [6.07, 6.45) is 2.18. The highest BCUT2D eigenvalue weighted by Gasteiger charge is 2.28. The molecule has 9 nitrogen and oxygen atoms in total. The number of ether oxygens (including phenoxy) is 1. The number of amides is 2. The Morgan fingerprint density at radius 3 is 2.47 bits per heavy atom. The topological polar surface area (TPSA) is 118 Å². The molecule has 2 amide bonds. The lowest BCUT2D eigenvalue weighted by Gasteiger charge is -2.31. The van der Waals surface area contributed by atoms with Crippen molar-refractivity contribution < 1.29 is 27.2 Å². The van der Waals surface area contributed by atoms with E-state index < -0.39 is 16.1 Å². The average Bonchev–Trinajstić information content (AvgIpc) is 3.29. The monoisotopic (exact) mass is 463 g/mol. The van der Waals surface area contributed by atoms with Crippen molar-refractivity contribution in [3.63, 3.8) is 0 Å². The highest BCUT2D eigenvalue weighted by Crippen LogP contribution is 2.22. The van der Waals surface area contributed by atoms with Gasteiger partial charge in [0.2, 0.25) is 15.9 Å². The van der Waals surface area contributed by atoms with E-state index in [-0.39, 0.29) is 29.4 Å². The summed E-state index contributed by atoms with van der Waals surface area (Å²) in [6, 6.07) is 8.80. The molecule has 1 atom stereocenters. The summed E-state index contributed by atoms with van der Waals surface area (Å²) in [5.41, 5.74) is 0.944. The van der Waals surface area contributed by atoms with Gasteiger partial charge < -0.3 is 19.4 Å². The molecule has 2 heterocycles. The van der Waals surface area contributed by atoms with E-state index in [0.717, 1.165) is 5.56 Å². The van der Waals surface area contributed by atoms with Crippen LogP contribution in [-0.4, -0.2) is 51.1 Å². The first kappa shape index (κ1) is 23.8. The number of sulfonamides is 1. The van der Waals surface area contributed by atoms with Crippen LogP contribution in [0.5, 0.6) is 0 Å². The van der Waals surface area contributed by atoms with Gasteiger partial charge in [-0.1, -0.05) is 17.7 Å². The second-order valence-corrected chi connectivity index (χ2v) is 9.45. The quantitative estimate of drug-likeness (QED) is 0.622. The van der Waals surface area contributed by atoms with Crippen molar-refractivity contribution in [1.29, 1.82) is 0 Å². The molecule has 0 bridgehead atoms. The van der Waals surface area contributed by atoms with E-state index in [4.69, 9.17) is 9.15 Å². The maximum absolute atomic E-state index is 12.8. The van der Waals surface area contributed by atoms with Gasteiger partial charge in [-0.15, -0.1) is 0 Å². The first-order valence-corrected chi connectivity index (χ1v) is 12.1. The Balaban J connectivity index is 1.61. The van der Waals surface area contributed by atoms with E-state index in [1.807, 2.05) is 6.92 Å². The molecular weight excluding hydrogens is 434 g/mol. The van der Waals surface area contributed by atoms with Crippen molar-refractivity contribution in [3.05, 3.63) is 54.0 Å². The molecule has 1 aromatic carbocycles. The molecule has 3 rings (SSSR count). The van der Waals surface area contributed by atoms with Crippen LogP contribution in [0, 0.1) is 6.92 Å². The van der Waals surface area contributed by atoms with Gasteiger partial charge in [-0.3, -0.25) is 4.79 Å². The molecule has 174 valence electrons. The first-order valence-electron chi connectivity index (χ1n) is 10.6. The third-order valence-corrected chi connectivity index (χ3v) is 6.78. The molecule has 0 spiro atoms. The molecule has 1 aliphatic heterocycles. The van der Waals surface area contributed by atoms with Gasteiger partial charge >= 0.3 is 6.09 Å². The zero-order chi connectivity index (χ0) is 23.1. The number of nitrogens with zero attached hydrogens (tertiary/aromatic N) is 1. The fraction of sp³-hybridized carbons (Fsp3) is 0.455. The minimum atomic E-state index is -3.85. The van der Waals surface area contributed by atoms with Crippen LogP contribution in [-0.2, 0) is 19.6 Å². The fourth-order valence-corrected chi connectivity index (χ4v) is 4.76. The lowest BCUT2D eigenvalue weighted by atomic mass is 10.0.